The van der Waals surface area contributed by atoms with Crippen molar-refractivity contribution in [2.24, 2.45) is 7.05 Å². The Kier molecular flexibility index (Phi) is 3.39. The summed E-state index contributed by atoms with van der Waals surface area (Å²) in [7, 11) is 1.69. The summed E-state index contributed by atoms with van der Waals surface area (Å²) in [6.45, 7) is 0. The van der Waals surface area contributed by atoms with Crippen molar-refractivity contribution in [2.75, 3.05) is 5.32 Å². The van der Waals surface area contributed by atoms with E-state index in [1.807, 2.05) is 12.1 Å². The standard InChI is InChI=1S/C15H12BrN3O2/c1-19-13-7-6-9(8-12(13)18-15(19)21)17-14(20)10-4-2-3-5-11(10)16/h2-8H,1H3,(H,17,20)(H,18,21). The number of aromatic amines is 1. The van der Waals surface area contributed by atoms with Gasteiger partial charge in [0.15, 0.2) is 0 Å². The van der Waals surface area contributed by atoms with Crippen molar-refractivity contribution in [1.29, 1.82) is 0 Å². The molecule has 0 saturated carbocycles. The third-order valence-corrected chi connectivity index (χ3v) is 3.97. The molecule has 0 radical (unpaired) electrons. The van der Waals surface area contributed by atoms with E-state index in [0.717, 1.165) is 9.99 Å². The van der Waals surface area contributed by atoms with Crippen molar-refractivity contribution >= 4 is 38.6 Å². The van der Waals surface area contributed by atoms with Crippen LogP contribution in [0, 0.1) is 0 Å². The lowest BCUT2D eigenvalue weighted by atomic mass is 10.2. The van der Waals surface area contributed by atoms with Crippen LogP contribution in [0.3, 0.4) is 0 Å². The minimum absolute atomic E-state index is 0.181. The first kappa shape index (κ1) is 13.6. The minimum atomic E-state index is -0.208. The number of amides is 1. The number of benzene rings is 2. The molecular weight excluding hydrogens is 334 g/mol. The van der Waals surface area contributed by atoms with Gasteiger partial charge in [0.25, 0.3) is 5.91 Å². The summed E-state index contributed by atoms with van der Waals surface area (Å²) >= 11 is 3.35. The van der Waals surface area contributed by atoms with E-state index in [-0.39, 0.29) is 11.6 Å². The zero-order valence-corrected chi connectivity index (χ0v) is 12.8. The van der Waals surface area contributed by atoms with E-state index in [1.54, 1.807) is 37.4 Å². The molecule has 5 nitrogen and oxygen atoms in total. The second kappa shape index (κ2) is 5.21. The van der Waals surface area contributed by atoms with Gasteiger partial charge in [-0.15, -0.1) is 0 Å². The van der Waals surface area contributed by atoms with Gasteiger partial charge in [-0.05, 0) is 46.3 Å². The summed E-state index contributed by atoms with van der Waals surface area (Å²) in [6, 6.07) is 12.5. The molecule has 106 valence electrons. The predicted molar refractivity (Wildman–Crippen MR) is 85.6 cm³/mol. The third-order valence-electron chi connectivity index (χ3n) is 3.28. The van der Waals surface area contributed by atoms with Crippen LogP contribution in [0.15, 0.2) is 51.7 Å². The van der Waals surface area contributed by atoms with E-state index < -0.39 is 0 Å². The summed E-state index contributed by atoms with van der Waals surface area (Å²) in [5.74, 6) is -0.208. The Morgan fingerprint density at radius 2 is 2.00 bits per heavy atom. The van der Waals surface area contributed by atoms with Crippen molar-refractivity contribution in [3.05, 3.63) is 63.0 Å². The number of nitrogens with one attached hydrogen (secondary N) is 2. The fourth-order valence-electron chi connectivity index (χ4n) is 2.16. The number of hydrogen-bond donors (Lipinski definition) is 2. The number of rotatable bonds is 2. The number of hydrogen-bond acceptors (Lipinski definition) is 2. The van der Waals surface area contributed by atoms with E-state index in [1.165, 1.54) is 4.57 Å². The van der Waals surface area contributed by atoms with E-state index >= 15 is 0 Å². The number of nitrogens with zero attached hydrogens (tertiary/aromatic N) is 1. The first-order chi connectivity index (χ1) is 10.1. The molecule has 2 aromatic carbocycles. The molecule has 1 amide bonds. The molecule has 6 heteroatoms. The van der Waals surface area contributed by atoms with Gasteiger partial charge in [-0.1, -0.05) is 12.1 Å². The molecule has 0 saturated heterocycles. The number of aromatic nitrogens is 2. The quantitative estimate of drug-likeness (QED) is 0.749. The van der Waals surface area contributed by atoms with Crippen LogP contribution in [0.2, 0.25) is 0 Å². The number of H-pyrrole nitrogens is 1. The third kappa shape index (κ3) is 2.50. The van der Waals surface area contributed by atoms with Gasteiger partial charge in [-0.2, -0.15) is 0 Å². The molecule has 0 aliphatic rings. The van der Waals surface area contributed by atoms with Crippen LogP contribution in [0.1, 0.15) is 10.4 Å². The summed E-state index contributed by atoms with van der Waals surface area (Å²) in [5.41, 5.74) is 2.48. The summed E-state index contributed by atoms with van der Waals surface area (Å²) < 4.78 is 2.26. The Bertz CT molecular complexity index is 895. The Morgan fingerprint density at radius 1 is 1.24 bits per heavy atom. The van der Waals surface area contributed by atoms with Crippen molar-refractivity contribution in [3.8, 4) is 0 Å². The Morgan fingerprint density at radius 3 is 2.76 bits per heavy atom. The molecule has 3 aromatic rings. The maximum atomic E-state index is 12.2. The molecule has 0 atom stereocenters. The Balaban J connectivity index is 1.93. The van der Waals surface area contributed by atoms with Crippen molar-refractivity contribution in [1.82, 2.24) is 9.55 Å². The molecule has 0 bridgehead atoms. The number of halogens is 1. The number of carbonyl (C=O) groups is 1. The maximum Gasteiger partial charge on any atom is 0.326 e. The zero-order chi connectivity index (χ0) is 15.0. The minimum Gasteiger partial charge on any atom is -0.322 e. The average molecular weight is 346 g/mol. The van der Waals surface area contributed by atoms with Gasteiger partial charge in [0.1, 0.15) is 0 Å². The van der Waals surface area contributed by atoms with Crippen LogP contribution < -0.4 is 11.0 Å². The van der Waals surface area contributed by atoms with Crippen molar-refractivity contribution in [3.63, 3.8) is 0 Å². The number of imidazole rings is 1. The van der Waals surface area contributed by atoms with Gasteiger partial charge in [0, 0.05) is 17.2 Å². The highest BCUT2D eigenvalue weighted by Gasteiger charge is 2.10. The first-order valence-corrected chi connectivity index (χ1v) is 7.10. The van der Waals surface area contributed by atoms with Crippen molar-refractivity contribution < 1.29 is 4.79 Å². The Labute approximate surface area is 128 Å². The van der Waals surface area contributed by atoms with E-state index in [2.05, 4.69) is 26.2 Å². The second-order valence-corrected chi connectivity index (χ2v) is 5.51. The summed E-state index contributed by atoms with van der Waals surface area (Å²) in [5, 5.41) is 2.82. The number of fused-ring (bicyclic) bond motifs is 1. The van der Waals surface area contributed by atoms with Crippen LogP contribution in [0.4, 0.5) is 5.69 Å². The van der Waals surface area contributed by atoms with Gasteiger partial charge >= 0.3 is 5.69 Å². The van der Waals surface area contributed by atoms with Gasteiger partial charge < -0.3 is 10.3 Å². The maximum absolute atomic E-state index is 12.2. The van der Waals surface area contributed by atoms with E-state index in [9.17, 15) is 9.59 Å². The normalized spacial score (nSPS) is 10.8. The van der Waals surface area contributed by atoms with Gasteiger partial charge in [-0.3, -0.25) is 9.36 Å². The molecule has 2 N–H and O–H groups in total. The fourth-order valence-corrected chi connectivity index (χ4v) is 2.62. The van der Waals surface area contributed by atoms with Crippen LogP contribution >= 0.6 is 15.9 Å². The number of carbonyl (C=O) groups excluding carboxylic acids is 1. The molecule has 1 aromatic heterocycles. The molecule has 0 aliphatic carbocycles. The van der Waals surface area contributed by atoms with Crippen LogP contribution in [-0.4, -0.2) is 15.5 Å². The lowest BCUT2D eigenvalue weighted by molar-refractivity contribution is 0.102. The molecular formula is C15H12BrN3O2. The van der Waals surface area contributed by atoms with Crippen LogP contribution in [0.5, 0.6) is 0 Å². The summed E-state index contributed by atoms with van der Waals surface area (Å²) in [6.07, 6.45) is 0. The zero-order valence-electron chi connectivity index (χ0n) is 11.2. The van der Waals surface area contributed by atoms with Gasteiger partial charge in [0.05, 0.1) is 16.6 Å². The molecule has 21 heavy (non-hydrogen) atoms. The summed E-state index contributed by atoms with van der Waals surface area (Å²) in [4.78, 5) is 26.5. The van der Waals surface area contributed by atoms with Gasteiger partial charge in [0.2, 0.25) is 0 Å². The molecule has 0 fully saturated rings. The lowest BCUT2D eigenvalue weighted by Crippen LogP contribution is -2.12. The second-order valence-electron chi connectivity index (χ2n) is 4.66. The number of aryl methyl sites for hydroxylation is 1. The molecule has 3 rings (SSSR count). The Hall–Kier alpha value is -2.34. The van der Waals surface area contributed by atoms with Gasteiger partial charge in [-0.25, -0.2) is 4.79 Å². The van der Waals surface area contributed by atoms with Crippen molar-refractivity contribution in [2.45, 2.75) is 0 Å². The average Bonchev–Trinajstić information content (AvgIpc) is 2.74. The number of anilines is 1. The smallest absolute Gasteiger partial charge is 0.322 e. The van der Waals surface area contributed by atoms with E-state index in [0.29, 0.717) is 16.8 Å². The SMILES string of the molecule is Cn1c(=O)[nH]c2cc(NC(=O)c3ccccc3Br)ccc21. The monoisotopic (exact) mass is 345 g/mol. The fraction of sp³-hybridized carbons (Fsp3) is 0.0667. The molecule has 1 heterocycles. The largest absolute Gasteiger partial charge is 0.326 e. The molecule has 0 unspecified atom stereocenters. The van der Waals surface area contributed by atoms with E-state index in [4.69, 9.17) is 0 Å². The highest BCUT2D eigenvalue weighted by molar-refractivity contribution is 9.10. The highest BCUT2D eigenvalue weighted by atomic mass is 79.9. The molecule has 0 aliphatic heterocycles. The van der Waals surface area contributed by atoms with Crippen LogP contribution in [-0.2, 0) is 7.05 Å². The lowest BCUT2D eigenvalue weighted by Gasteiger charge is -2.07. The topological polar surface area (TPSA) is 66.9 Å². The predicted octanol–water partition coefficient (Wildman–Crippen LogP) is 2.88. The van der Waals surface area contributed by atoms with Crippen LogP contribution in [0.25, 0.3) is 11.0 Å². The highest BCUT2D eigenvalue weighted by Crippen LogP contribution is 2.20. The first-order valence-electron chi connectivity index (χ1n) is 6.31. The molecule has 0 spiro atoms.